The van der Waals surface area contributed by atoms with E-state index >= 15 is 0 Å². The van der Waals surface area contributed by atoms with Gasteiger partial charge in [-0.05, 0) is 18.1 Å². The van der Waals surface area contributed by atoms with Crippen molar-refractivity contribution in [1.82, 2.24) is 0 Å². The van der Waals surface area contributed by atoms with Gasteiger partial charge in [-0.25, -0.2) is 0 Å². The van der Waals surface area contributed by atoms with E-state index in [0.29, 0.717) is 0 Å². The molecule has 66 valence electrons. The summed E-state index contributed by atoms with van der Waals surface area (Å²) in [6.07, 6.45) is 5.37. The molecule has 0 aromatic heterocycles. The first kappa shape index (κ1) is 9.46. The first-order valence-corrected chi connectivity index (χ1v) is 4.24. The summed E-state index contributed by atoms with van der Waals surface area (Å²) in [5, 5.41) is 0. The number of rotatable bonds is 3. The van der Waals surface area contributed by atoms with Gasteiger partial charge in [-0.3, -0.25) is 4.99 Å². The molecule has 0 fully saturated rings. The highest BCUT2D eigenvalue weighted by Gasteiger charge is 1.93. The standard InChI is InChI=1S/C12H13N/c1-3-11(10-13-4-2)12-8-6-5-7-9-12/h3-10H,1H2,2H3/b11-10+,13-4-. The monoisotopic (exact) mass is 171 g/mol. The molecule has 1 rings (SSSR count). The van der Waals surface area contributed by atoms with Gasteiger partial charge in [0, 0.05) is 12.4 Å². The Kier molecular flexibility index (Phi) is 3.71. The third-order valence-corrected chi connectivity index (χ3v) is 1.69. The maximum atomic E-state index is 4.06. The second kappa shape index (κ2) is 5.09. The molecule has 13 heavy (non-hydrogen) atoms. The van der Waals surface area contributed by atoms with Crippen molar-refractivity contribution in [2.45, 2.75) is 6.92 Å². The predicted molar refractivity (Wildman–Crippen MR) is 58.8 cm³/mol. The summed E-state index contributed by atoms with van der Waals surface area (Å²) >= 11 is 0. The van der Waals surface area contributed by atoms with Crippen LogP contribution in [-0.2, 0) is 0 Å². The molecule has 1 aromatic carbocycles. The molecule has 0 heterocycles. The highest BCUT2D eigenvalue weighted by Crippen LogP contribution is 2.14. The van der Waals surface area contributed by atoms with Crippen LogP contribution in [0.1, 0.15) is 12.5 Å². The summed E-state index contributed by atoms with van der Waals surface area (Å²) in [6.45, 7) is 5.64. The zero-order chi connectivity index (χ0) is 9.52. The Morgan fingerprint density at radius 3 is 2.54 bits per heavy atom. The Labute approximate surface area is 79.1 Å². The van der Waals surface area contributed by atoms with Crippen molar-refractivity contribution in [3.05, 3.63) is 54.8 Å². The number of aliphatic imine (C=N–C) groups is 1. The van der Waals surface area contributed by atoms with Crippen LogP contribution < -0.4 is 0 Å². The van der Waals surface area contributed by atoms with Crippen molar-refractivity contribution in [1.29, 1.82) is 0 Å². The van der Waals surface area contributed by atoms with Crippen LogP contribution in [0.4, 0.5) is 0 Å². The summed E-state index contributed by atoms with van der Waals surface area (Å²) in [4.78, 5) is 4.06. The van der Waals surface area contributed by atoms with E-state index in [1.54, 1.807) is 6.21 Å². The summed E-state index contributed by atoms with van der Waals surface area (Å²) in [7, 11) is 0. The normalized spacial score (nSPS) is 11.9. The second-order valence-corrected chi connectivity index (χ2v) is 2.56. The summed E-state index contributed by atoms with van der Waals surface area (Å²) in [5.74, 6) is 0. The lowest BCUT2D eigenvalue weighted by atomic mass is 10.1. The van der Waals surface area contributed by atoms with Gasteiger partial charge >= 0.3 is 0 Å². The van der Waals surface area contributed by atoms with Crippen LogP contribution in [0.15, 0.2) is 54.2 Å². The van der Waals surface area contributed by atoms with E-state index in [1.165, 1.54) is 0 Å². The van der Waals surface area contributed by atoms with Crippen LogP contribution >= 0.6 is 0 Å². The number of hydrogen-bond acceptors (Lipinski definition) is 1. The zero-order valence-corrected chi connectivity index (χ0v) is 7.77. The Morgan fingerprint density at radius 2 is 2.00 bits per heavy atom. The van der Waals surface area contributed by atoms with Gasteiger partial charge in [-0.15, -0.1) is 0 Å². The van der Waals surface area contributed by atoms with E-state index in [2.05, 4.69) is 11.6 Å². The average Bonchev–Trinajstić information content (AvgIpc) is 2.21. The third-order valence-electron chi connectivity index (χ3n) is 1.69. The molecule has 0 unspecified atom stereocenters. The number of allylic oxidation sites excluding steroid dienone is 2. The first-order chi connectivity index (χ1) is 6.38. The fraction of sp³-hybridized carbons (Fsp3) is 0.0833. The summed E-state index contributed by atoms with van der Waals surface area (Å²) < 4.78 is 0. The van der Waals surface area contributed by atoms with Crippen molar-refractivity contribution in [2.75, 3.05) is 0 Å². The van der Waals surface area contributed by atoms with Crippen LogP contribution in [0, 0.1) is 0 Å². The van der Waals surface area contributed by atoms with E-state index < -0.39 is 0 Å². The van der Waals surface area contributed by atoms with Gasteiger partial charge in [0.05, 0.1) is 0 Å². The third kappa shape index (κ3) is 2.71. The molecule has 0 amide bonds. The maximum Gasteiger partial charge on any atom is 0.0342 e. The van der Waals surface area contributed by atoms with E-state index in [0.717, 1.165) is 11.1 Å². The number of hydrogen-bond donors (Lipinski definition) is 0. The van der Waals surface area contributed by atoms with E-state index in [1.807, 2.05) is 49.5 Å². The highest BCUT2D eigenvalue weighted by molar-refractivity contribution is 5.74. The highest BCUT2D eigenvalue weighted by atomic mass is 14.7. The fourth-order valence-electron chi connectivity index (χ4n) is 1.03. The first-order valence-electron chi connectivity index (χ1n) is 4.24. The molecule has 1 aromatic rings. The molecule has 0 N–H and O–H groups in total. The summed E-state index contributed by atoms with van der Waals surface area (Å²) in [5.41, 5.74) is 2.18. The minimum absolute atomic E-state index is 1.04. The molecule has 1 nitrogen and oxygen atoms in total. The van der Waals surface area contributed by atoms with Gasteiger partial charge in [-0.2, -0.15) is 0 Å². The van der Waals surface area contributed by atoms with E-state index in [4.69, 9.17) is 0 Å². The van der Waals surface area contributed by atoms with Gasteiger partial charge in [0.25, 0.3) is 0 Å². The number of nitrogens with zero attached hydrogens (tertiary/aromatic N) is 1. The molecule has 1 heteroatoms. The molecule has 0 saturated heterocycles. The largest absolute Gasteiger partial charge is 0.269 e. The quantitative estimate of drug-likeness (QED) is 0.488. The SMILES string of the molecule is C=C/C(=C\N=C/C)c1ccccc1. The Hall–Kier alpha value is -1.63. The molecule has 0 aliphatic rings. The van der Waals surface area contributed by atoms with Gasteiger partial charge < -0.3 is 0 Å². The molecular formula is C12H13N. The molecule has 0 atom stereocenters. The molecular weight excluding hydrogens is 158 g/mol. The minimum Gasteiger partial charge on any atom is -0.269 e. The van der Waals surface area contributed by atoms with Crippen molar-refractivity contribution < 1.29 is 0 Å². The van der Waals surface area contributed by atoms with Crippen molar-refractivity contribution in [3.8, 4) is 0 Å². The molecule has 0 aliphatic carbocycles. The summed E-state index contributed by atoms with van der Waals surface area (Å²) in [6, 6.07) is 10.1. The maximum absolute atomic E-state index is 4.06. The second-order valence-electron chi connectivity index (χ2n) is 2.56. The Morgan fingerprint density at radius 1 is 1.31 bits per heavy atom. The van der Waals surface area contributed by atoms with Gasteiger partial charge in [0.1, 0.15) is 0 Å². The van der Waals surface area contributed by atoms with Crippen molar-refractivity contribution in [2.24, 2.45) is 4.99 Å². The smallest absolute Gasteiger partial charge is 0.0342 e. The lowest BCUT2D eigenvalue weighted by Gasteiger charge is -1.98. The van der Waals surface area contributed by atoms with Crippen molar-refractivity contribution >= 4 is 11.8 Å². The van der Waals surface area contributed by atoms with Crippen molar-refractivity contribution in [3.63, 3.8) is 0 Å². The van der Waals surface area contributed by atoms with Gasteiger partial charge in [0.15, 0.2) is 0 Å². The molecule has 0 spiro atoms. The molecule has 0 radical (unpaired) electrons. The molecule has 0 aliphatic heterocycles. The van der Waals surface area contributed by atoms with Crippen LogP contribution in [0.5, 0.6) is 0 Å². The van der Waals surface area contributed by atoms with E-state index in [-0.39, 0.29) is 0 Å². The van der Waals surface area contributed by atoms with E-state index in [9.17, 15) is 0 Å². The van der Waals surface area contributed by atoms with Crippen LogP contribution in [0.2, 0.25) is 0 Å². The van der Waals surface area contributed by atoms with Crippen LogP contribution in [-0.4, -0.2) is 6.21 Å². The molecule has 0 bridgehead atoms. The van der Waals surface area contributed by atoms with Crippen LogP contribution in [0.3, 0.4) is 0 Å². The van der Waals surface area contributed by atoms with Crippen LogP contribution in [0.25, 0.3) is 5.57 Å². The number of benzene rings is 1. The lowest BCUT2D eigenvalue weighted by Crippen LogP contribution is -1.78. The zero-order valence-electron chi connectivity index (χ0n) is 7.77. The van der Waals surface area contributed by atoms with Gasteiger partial charge in [-0.1, -0.05) is 43.0 Å². The predicted octanol–water partition coefficient (Wildman–Crippen LogP) is 3.30. The topological polar surface area (TPSA) is 12.4 Å². The Bertz CT molecular complexity index is 320. The average molecular weight is 171 g/mol. The minimum atomic E-state index is 1.04. The Balaban J connectivity index is 2.98. The van der Waals surface area contributed by atoms with Gasteiger partial charge in [0.2, 0.25) is 0 Å². The molecule has 0 saturated carbocycles. The fourth-order valence-corrected chi connectivity index (χ4v) is 1.03. The lowest BCUT2D eigenvalue weighted by molar-refractivity contribution is 1.54.